The summed E-state index contributed by atoms with van der Waals surface area (Å²) in [4.78, 5) is 27.8. The number of benzene rings is 1. The van der Waals surface area contributed by atoms with Crippen LogP contribution in [0.15, 0.2) is 29.1 Å². The quantitative estimate of drug-likeness (QED) is 0.830. The third-order valence-corrected chi connectivity index (χ3v) is 5.23. The van der Waals surface area contributed by atoms with Gasteiger partial charge >= 0.3 is 0 Å². The molecule has 2 aliphatic rings. The average Bonchev–Trinajstić information content (AvgIpc) is 3.17. The SMILES string of the molecule is O=C(CCn1c(=S)[nH]c2ccccc2c1=O)NC1CC2CCC1O2. The maximum atomic E-state index is 12.5. The number of aromatic amines is 1. The van der Waals surface area contributed by atoms with Crippen LogP contribution in [0.2, 0.25) is 0 Å². The lowest BCUT2D eigenvalue weighted by molar-refractivity contribution is -0.122. The first-order chi connectivity index (χ1) is 11.6. The topological polar surface area (TPSA) is 76.1 Å². The van der Waals surface area contributed by atoms with Gasteiger partial charge in [0.2, 0.25) is 5.91 Å². The Hall–Kier alpha value is -1.99. The van der Waals surface area contributed by atoms with Gasteiger partial charge in [-0.3, -0.25) is 14.2 Å². The normalized spacial score (nSPS) is 25.2. The van der Waals surface area contributed by atoms with Gasteiger partial charge in [-0.1, -0.05) is 12.1 Å². The standard InChI is InChI=1S/C17H19N3O3S/c21-15(18-13-9-10-5-6-14(13)23-10)7-8-20-16(22)11-3-1-2-4-12(11)19-17(20)24/h1-4,10,13-14H,5-9H2,(H,18,21)(H,19,24). The third kappa shape index (κ3) is 2.78. The van der Waals surface area contributed by atoms with Crippen molar-refractivity contribution in [2.75, 3.05) is 0 Å². The number of ether oxygens (including phenoxy) is 1. The Morgan fingerprint density at radius 2 is 2.21 bits per heavy atom. The number of carbonyl (C=O) groups is 1. The summed E-state index contributed by atoms with van der Waals surface area (Å²) in [6.07, 6.45) is 3.70. The molecule has 2 saturated heterocycles. The van der Waals surface area contributed by atoms with E-state index in [1.54, 1.807) is 6.07 Å². The van der Waals surface area contributed by atoms with Gasteiger partial charge in [0.15, 0.2) is 4.77 Å². The van der Waals surface area contributed by atoms with Crippen LogP contribution < -0.4 is 10.9 Å². The molecule has 6 nitrogen and oxygen atoms in total. The Bertz CT molecular complexity index is 904. The maximum absolute atomic E-state index is 12.5. The highest BCUT2D eigenvalue weighted by Gasteiger charge is 2.41. The van der Waals surface area contributed by atoms with Crippen LogP contribution in [-0.2, 0) is 16.1 Å². The first kappa shape index (κ1) is 15.5. The first-order valence-electron chi connectivity index (χ1n) is 8.28. The number of hydrogen-bond donors (Lipinski definition) is 2. The summed E-state index contributed by atoms with van der Waals surface area (Å²) in [5.41, 5.74) is 0.553. The van der Waals surface area contributed by atoms with Crippen LogP contribution >= 0.6 is 12.2 Å². The number of nitrogens with one attached hydrogen (secondary N) is 2. The zero-order chi connectivity index (χ0) is 16.7. The average molecular weight is 345 g/mol. The minimum Gasteiger partial charge on any atom is -0.373 e. The molecule has 2 bridgehead atoms. The van der Waals surface area contributed by atoms with Gasteiger partial charge < -0.3 is 15.0 Å². The van der Waals surface area contributed by atoms with Crippen molar-refractivity contribution in [2.24, 2.45) is 0 Å². The van der Waals surface area contributed by atoms with Crippen LogP contribution in [-0.4, -0.2) is 33.7 Å². The zero-order valence-electron chi connectivity index (χ0n) is 13.2. The summed E-state index contributed by atoms with van der Waals surface area (Å²) in [7, 11) is 0. The van der Waals surface area contributed by atoms with E-state index in [0.717, 1.165) is 19.3 Å². The van der Waals surface area contributed by atoms with Gasteiger partial charge in [-0.15, -0.1) is 0 Å². The van der Waals surface area contributed by atoms with Gasteiger partial charge in [0.1, 0.15) is 0 Å². The number of hydrogen-bond acceptors (Lipinski definition) is 4. The second kappa shape index (κ2) is 6.14. The largest absolute Gasteiger partial charge is 0.373 e. The smallest absolute Gasteiger partial charge is 0.262 e. The fourth-order valence-electron chi connectivity index (χ4n) is 3.68. The molecule has 126 valence electrons. The van der Waals surface area contributed by atoms with E-state index in [1.165, 1.54) is 4.57 Å². The van der Waals surface area contributed by atoms with Gasteiger partial charge in [0.05, 0.1) is 29.2 Å². The number of carbonyl (C=O) groups excluding carboxylic acids is 1. The van der Waals surface area contributed by atoms with E-state index in [2.05, 4.69) is 10.3 Å². The first-order valence-corrected chi connectivity index (χ1v) is 8.69. The lowest BCUT2D eigenvalue weighted by Gasteiger charge is -2.20. The molecule has 1 aromatic heterocycles. The van der Waals surface area contributed by atoms with Crippen molar-refractivity contribution >= 4 is 29.0 Å². The molecular weight excluding hydrogens is 326 g/mol. The van der Waals surface area contributed by atoms with E-state index >= 15 is 0 Å². The molecule has 1 amide bonds. The van der Waals surface area contributed by atoms with Gasteiger partial charge in [0, 0.05) is 13.0 Å². The van der Waals surface area contributed by atoms with E-state index < -0.39 is 0 Å². The number of para-hydroxylation sites is 1. The number of H-pyrrole nitrogens is 1. The van der Waals surface area contributed by atoms with E-state index in [1.807, 2.05) is 18.2 Å². The summed E-state index contributed by atoms with van der Waals surface area (Å²) >= 11 is 5.26. The summed E-state index contributed by atoms with van der Waals surface area (Å²) in [6, 6.07) is 7.35. The van der Waals surface area contributed by atoms with Gasteiger partial charge in [-0.25, -0.2) is 0 Å². The summed E-state index contributed by atoms with van der Waals surface area (Å²) in [6.45, 7) is 0.270. The molecule has 3 heterocycles. The van der Waals surface area contributed by atoms with E-state index in [0.29, 0.717) is 21.8 Å². The lowest BCUT2D eigenvalue weighted by atomic mass is 9.95. The van der Waals surface area contributed by atoms with Crippen molar-refractivity contribution in [3.05, 3.63) is 39.4 Å². The van der Waals surface area contributed by atoms with Crippen molar-refractivity contribution in [3.63, 3.8) is 0 Å². The molecule has 2 aliphatic heterocycles. The van der Waals surface area contributed by atoms with Crippen LogP contribution in [0, 0.1) is 4.77 Å². The van der Waals surface area contributed by atoms with Crippen molar-refractivity contribution in [1.82, 2.24) is 14.9 Å². The lowest BCUT2D eigenvalue weighted by Crippen LogP contribution is -2.41. The van der Waals surface area contributed by atoms with Crippen molar-refractivity contribution in [3.8, 4) is 0 Å². The summed E-state index contributed by atoms with van der Waals surface area (Å²) in [5.74, 6) is -0.0643. The minimum atomic E-state index is -0.162. The van der Waals surface area contributed by atoms with Crippen LogP contribution in [0.3, 0.4) is 0 Å². The Labute approximate surface area is 143 Å². The highest BCUT2D eigenvalue weighted by atomic mass is 32.1. The molecule has 1 aromatic carbocycles. The summed E-state index contributed by atoms with van der Waals surface area (Å²) < 4.78 is 7.54. The zero-order valence-corrected chi connectivity index (χ0v) is 14.0. The van der Waals surface area contributed by atoms with Gasteiger partial charge in [-0.05, 0) is 43.6 Å². The molecule has 0 saturated carbocycles. The van der Waals surface area contributed by atoms with E-state index in [9.17, 15) is 9.59 Å². The van der Waals surface area contributed by atoms with Crippen LogP contribution in [0.4, 0.5) is 0 Å². The number of aromatic nitrogens is 2. The molecule has 24 heavy (non-hydrogen) atoms. The second-order valence-electron chi connectivity index (χ2n) is 6.47. The molecule has 3 unspecified atom stereocenters. The molecule has 2 fully saturated rings. The fraction of sp³-hybridized carbons (Fsp3) is 0.471. The molecule has 3 atom stereocenters. The van der Waals surface area contributed by atoms with Crippen LogP contribution in [0.25, 0.3) is 10.9 Å². The highest BCUT2D eigenvalue weighted by Crippen LogP contribution is 2.34. The molecule has 0 radical (unpaired) electrons. The van der Waals surface area contributed by atoms with Crippen molar-refractivity contribution in [2.45, 2.75) is 50.5 Å². The number of rotatable bonds is 4. The van der Waals surface area contributed by atoms with Crippen molar-refractivity contribution in [1.29, 1.82) is 0 Å². The molecule has 2 N–H and O–H groups in total. The Morgan fingerprint density at radius 1 is 1.38 bits per heavy atom. The number of nitrogens with zero attached hydrogens (tertiary/aromatic N) is 1. The maximum Gasteiger partial charge on any atom is 0.262 e. The van der Waals surface area contributed by atoms with Gasteiger partial charge in [0.25, 0.3) is 5.56 Å². The van der Waals surface area contributed by atoms with Crippen LogP contribution in [0.1, 0.15) is 25.7 Å². The van der Waals surface area contributed by atoms with Crippen LogP contribution in [0.5, 0.6) is 0 Å². The highest BCUT2D eigenvalue weighted by molar-refractivity contribution is 7.71. The summed E-state index contributed by atoms with van der Waals surface area (Å²) in [5, 5.41) is 3.61. The third-order valence-electron chi connectivity index (χ3n) is 4.90. The monoisotopic (exact) mass is 345 g/mol. The fourth-order valence-corrected chi connectivity index (χ4v) is 3.97. The number of fused-ring (bicyclic) bond motifs is 3. The molecular formula is C17H19N3O3S. The Morgan fingerprint density at radius 3 is 2.96 bits per heavy atom. The molecule has 2 aromatic rings. The molecule has 0 aliphatic carbocycles. The van der Waals surface area contributed by atoms with E-state index in [4.69, 9.17) is 17.0 Å². The predicted octanol–water partition coefficient (Wildman–Crippen LogP) is 1.89. The minimum absolute atomic E-state index is 0.0643. The second-order valence-corrected chi connectivity index (χ2v) is 6.85. The van der Waals surface area contributed by atoms with E-state index in [-0.39, 0.29) is 36.6 Å². The molecule has 7 heteroatoms. The van der Waals surface area contributed by atoms with Gasteiger partial charge in [-0.2, -0.15) is 0 Å². The number of amides is 1. The predicted molar refractivity (Wildman–Crippen MR) is 92.5 cm³/mol. The Kier molecular flexibility index (Phi) is 3.97. The van der Waals surface area contributed by atoms with Crippen molar-refractivity contribution < 1.29 is 9.53 Å². The molecule has 0 spiro atoms. The Balaban J connectivity index is 1.46. The molecule has 4 rings (SSSR count).